The van der Waals surface area contributed by atoms with E-state index in [9.17, 15) is 18.9 Å². The first-order valence-corrected chi connectivity index (χ1v) is 4.21. The van der Waals surface area contributed by atoms with Gasteiger partial charge in [-0.15, -0.1) is 0 Å². The van der Waals surface area contributed by atoms with Gasteiger partial charge in [0.2, 0.25) is 5.75 Å². The van der Waals surface area contributed by atoms with Crippen LogP contribution in [0.1, 0.15) is 17.7 Å². The van der Waals surface area contributed by atoms with E-state index in [1.165, 1.54) is 0 Å². The third kappa shape index (κ3) is 2.06. The van der Waals surface area contributed by atoms with Gasteiger partial charge in [0.1, 0.15) is 5.69 Å². The summed E-state index contributed by atoms with van der Waals surface area (Å²) in [7, 11) is 1.08. The van der Waals surface area contributed by atoms with E-state index < -0.39 is 28.3 Å². The van der Waals surface area contributed by atoms with Crippen LogP contribution in [0.15, 0.2) is 6.20 Å². The van der Waals surface area contributed by atoms with E-state index in [4.69, 9.17) is 5.73 Å². The molecule has 1 aromatic rings. The first-order chi connectivity index (χ1) is 7.52. The molecule has 88 valence electrons. The summed E-state index contributed by atoms with van der Waals surface area (Å²) in [5.41, 5.74) is 3.91. The lowest BCUT2D eigenvalue weighted by molar-refractivity contribution is -0.386. The van der Waals surface area contributed by atoms with Gasteiger partial charge in [0, 0.05) is 12.7 Å². The molecule has 0 unspecified atom stereocenters. The minimum Gasteiger partial charge on any atom is -0.490 e. The van der Waals surface area contributed by atoms with E-state index in [0.29, 0.717) is 0 Å². The van der Waals surface area contributed by atoms with Crippen molar-refractivity contribution >= 4 is 5.69 Å². The highest BCUT2D eigenvalue weighted by atomic mass is 19.3. The summed E-state index contributed by atoms with van der Waals surface area (Å²) >= 11 is 0. The average molecular weight is 233 g/mol. The van der Waals surface area contributed by atoms with Crippen molar-refractivity contribution in [3.63, 3.8) is 0 Å². The molecule has 8 heteroatoms. The van der Waals surface area contributed by atoms with Crippen molar-refractivity contribution in [2.45, 2.75) is 13.0 Å². The Morgan fingerprint density at radius 1 is 1.69 bits per heavy atom. The number of nitrogens with two attached hydrogens (primary N) is 1. The maximum Gasteiger partial charge on any atom is 0.334 e. The SMILES string of the molecule is COc1c(C(F)F)cnc(CN)c1[N+](=O)[O-]. The van der Waals surface area contributed by atoms with Crippen LogP contribution in [0.5, 0.6) is 5.75 Å². The number of rotatable bonds is 4. The molecule has 0 aliphatic carbocycles. The zero-order valence-corrected chi connectivity index (χ0v) is 8.31. The lowest BCUT2D eigenvalue weighted by Gasteiger charge is -2.09. The van der Waals surface area contributed by atoms with E-state index >= 15 is 0 Å². The molecule has 1 rings (SSSR count). The van der Waals surface area contributed by atoms with Crippen LogP contribution in [0, 0.1) is 10.1 Å². The predicted molar refractivity (Wildman–Crippen MR) is 50.3 cm³/mol. The van der Waals surface area contributed by atoms with E-state index in [1.54, 1.807) is 0 Å². The molecule has 0 bridgehead atoms. The minimum atomic E-state index is -2.90. The van der Waals surface area contributed by atoms with E-state index in [0.717, 1.165) is 13.3 Å². The highest BCUT2D eigenvalue weighted by molar-refractivity contribution is 5.54. The monoisotopic (exact) mass is 233 g/mol. The maximum atomic E-state index is 12.5. The summed E-state index contributed by atoms with van der Waals surface area (Å²) in [4.78, 5) is 13.4. The number of halogens is 2. The van der Waals surface area contributed by atoms with Crippen LogP contribution in [0.4, 0.5) is 14.5 Å². The van der Waals surface area contributed by atoms with Gasteiger partial charge in [-0.2, -0.15) is 0 Å². The van der Waals surface area contributed by atoms with Crippen molar-refractivity contribution < 1.29 is 18.4 Å². The zero-order valence-electron chi connectivity index (χ0n) is 8.31. The lowest BCUT2D eigenvalue weighted by Crippen LogP contribution is -2.08. The molecule has 1 aromatic heterocycles. The molecule has 0 aliphatic rings. The van der Waals surface area contributed by atoms with Gasteiger partial charge < -0.3 is 10.5 Å². The Morgan fingerprint density at radius 2 is 2.31 bits per heavy atom. The second-order valence-corrected chi connectivity index (χ2v) is 2.80. The Balaban J connectivity index is 3.49. The first kappa shape index (κ1) is 12.2. The van der Waals surface area contributed by atoms with E-state index in [1.807, 2.05) is 0 Å². The zero-order chi connectivity index (χ0) is 12.3. The largest absolute Gasteiger partial charge is 0.490 e. The van der Waals surface area contributed by atoms with Gasteiger partial charge in [-0.05, 0) is 0 Å². The number of methoxy groups -OCH3 is 1. The second-order valence-electron chi connectivity index (χ2n) is 2.80. The van der Waals surface area contributed by atoms with Crippen molar-refractivity contribution in [2.24, 2.45) is 5.73 Å². The molecule has 0 atom stereocenters. The van der Waals surface area contributed by atoms with Crippen molar-refractivity contribution in [1.29, 1.82) is 0 Å². The molecule has 0 saturated heterocycles. The van der Waals surface area contributed by atoms with Gasteiger partial charge >= 0.3 is 5.69 Å². The number of hydrogen-bond acceptors (Lipinski definition) is 5. The van der Waals surface area contributed by atoms with Gasteiger partial charge in [0.25, 0.3) is 6.43 Å². The highest BCUT2D eigenvalue weighted by Crippen LogP contribution is 2.37. The molecule has 16 heavy (non-hydrogen) atoms. The number of nitrogens with zero attached hydrogens (tertiary/aromatic N) is 2. The number of hydrogen-bond donors (Lipinski definition) is 1. The van der Waals surface area contributed by atoms with Crippen molar-refractivity contribution in [2.75, 3.05) is 7.11 Å². The van der Waals surface area contributed by atoms with Gasteiger partial charge in [-0.25, -0.2) is 8.78 Å². The Bertz CT molecular complexity index is 412. The lowest BCUT2D eigenvalue weighted by atomic mass is 10.2. The summed E-state index contributed by atoms with van der Waals surface area (Å²) in [6, 6.07) is 0. The fourth-order valence-corrected chi connectivity index (χ4v) is 1.24. The van der Waals surface area contributed by atoms with Crippen LogP contribution in [0.2, 0.25) is 0 Å². The summed E-state index contributed by atoms with van der Waals surface area (Å²) < 4.78 is 29.7. The Morgan fingerprint density at radius 3 is 2.69 bits per heavy atom. The van der Waals surface area contributed by atoms with Crippen LogP contribution in [0.3, 0.4) is 0 Å². The average Bonchev–Trinajstić information content (AvgIpc) is 2.26. The maximum absolute atomic E-state index is 12.5. The third-order valence-corrected chi connectivity index (χ3v) is 1.93. The molecule has 1 heterocycles. The fourth-order valence-electron chi connectivity index (χ4n) is 1.24. The third-order valence-electron chi connectivity index (χ3n) is 1.93. The number of nitro groups is 1. The Labute approximate surface area is 89.2 Å². The molecule has 0 saturated carbocycles. The van der Waals surface area contributed by atoms with Crippen molar-refractivity contribution in [3.05, 3.63) is 27.6 Å². The van der Waals surface area contributed by atoms with Crippen LogP contribution in [0.25, 0.3) is 0 Å². The first-order valence-electron chi connectivity index (χ1n) is 4.21. The Hall–Kier alpha value is -1.83. The molecule has 0 aromatic carbocycles. The van der Waals surface area contributed by atoms with Crippen LogP contribution in [-0.2, 0) is 6.54 Å². The molecule has 0 amide bonds. The normalized spacial score (nSPS) is 10.6. The van der Waals surface area contributed by atoms with Crippen LogP contribution >= 0.6 is 0 Å². The number of aromatic nitrogens is 1. The topological polar surface area (TPSA) is 91.3 Å². The summed E-state index contributed by atoms with van der Waals surface area (Å²) in [5, 5.41) is 10.7. The van der Waals surface area contributed by atoms with Crippen molar-refractivity contribution in [1.82, 2.24) is 4.98 Å². The Kier molecular flexibility index (Phi) is 3.67. The molecule has 0 radical (unpaired) electrons. The quantitative estimate of drug-likeness (QED) is 0.626. The van der Waals surface area contributed by atoms with E-state index in [2.05, 4.69) is 9.72 Å². The highest BCUT2D eigenvalue weighted by Gasteiger charge is 2.28. The summed E-state index contributed by atoms with van der Waals surface area (Å²) in [5.74, 6) is -0.490. The second kappa shape index (κ2) is 4.79. The molecule has 0 aliphatic heterocycles. The molecular weight excluding hydrogens is 224 g/mol. The van der Waals surface area contributed by atoms with Gasteiger partial charge in [-0.1, -0.05) is 0 Å². The smallest absolute Gasteiger partial charge is 0.334 e. The van der Waals surface area contributed by atoms with Crippen LogP contribution in [-0.4, -0.2) is 17.0 Å². The van der Waals surface area contributed by atoms with Crippen LogP contribution < -0.4 is 10.5 Å². The number of pyridine rings is 1. The minimum absolute atomic E-state index is 0.0914. The van der Waals surface area contributed by atoms with E-state index in [-0.39, 0.29) is 12.2 Å². The predicted octanol–water partition coefficient (Wildman–Crippen LogP) is 1.39. The van der Waals surface area contributed by atoms with Gasteiger partial charge in [0.05, 0.1) is 17.6 Å². The molecule has 0 fully saturated rings. The molecular formula is C8H9F2N3O3. The van der Waals surface area contributed by atoms with Gasteiger partial charge in [0.15, 0.2) is 0 Å². The standard InChI is InChI=1S/C8H9F2N3O3/c1-16-7-4(8(9)10)3-12-5(2-11)6(7)13(14)15/h3,8H,2,11H2,1H3. The molecule has 2 N–H and O–H groups in total. The van der Waals surface area contributed by atoms with Gasteiger partial charge in [-0.3, -0.25) is 15.1 Å². The number of ether oxygens (including phenoxy) is 1. The van der Waals surface area contributed by atoms with Crippen molar-refractivity contribution in [3.8, 4) is 5.75 Å². The molecule has 0 spiro atoms. The summed E-state index contributed by atoms with van der Waals surface area (Å²) in [6.45, 7) is -0.226. The summed E-state index contributed by atoms with van der Waals surface area (Å²) in [6.07, 6.45) is -2.06. The molecule has 6 nitrogen and oxygen atoms in total. The fraction of sp³-hybridized carbons (Fsp3) is 0.375. The number of alkyl halides is 2.